The first-order chi connectivity index (χ1) is 17.1. The van der Waals surface area contributed by atoms with E-state index in [1.54, 1.807) is 44.4 Å². The summed E-state index contributed by atoms with van der Waals surface area (Å²) in [6.45, 7) is 2.31. The first kappa shape index (κ1) is 24.2. The summed E-state index contributed by atoms with van der Waals surface area (Å²) >= 11 is 1.20. The van der Waals surface area contributed by atoms with Crippen LogP contribution in [0.3, 0.4) is 0 Å². The van der Waals surface area contributed by atoms with Crippen molar-refractivity contribution in [3.63, 3.8) is 0 Å². The van der Waals surface area contributed by atoms with Gasteiger partial charge in [-0.25, -0.2) is 9.79 Å². The summed E-state index contributed by atoms with van der Waals surface area (Å²) in [7, 11) is 1.59. The molecule has 1 aliphatic rings. The molecule has 3 aromatic carbocycles. The smallest absolute Gasteiger partial charge is 0.344 e. The van der Waals surface area contributed by atoms with Crippen LogP contribution in [0.4, 0.5) is 5.69 Å². The zero-order chi connectivity index (χ0) is 24.6. The van der Waals surface area contributed by atoms with Crippen LogP contribution in [0.5, 0.6) is 11.5 Å². The van der Waals surface area contributed by atoms with Crippen molar-refractivity contribution in [2.24, 2.45) is 4.99 Å². The largest absolute Gasteiger partial charge is 0.506 e. The normalized spacial score (nSPS) is 15.5. The van der Waals surface area contributed by atoms with Crippen molar-refractivity contribution in [3.8, 4) is 11.5 Å². The number of hydrogen-bond donors (Lipinski definition) is 1. The zero-order valence-electron chi connectivity index (χ0n) is 19.4. The Morgan fingerprint density at radius 3 is 2.43 bits per heavy atom. The van der Waals surface area contributed by atoms with E-state index >= 15 is 0 Å². The van der Waals surface area contributed by atoms with Crippen LogP contribution in [0, 0.1) is 0 Å². The molecule has 6 nitrogen and oxygen atoms in total. The highest BCUT2D eigenvalue weighted by molar-refractivity contribution is 8.18. The molecule has 0 aromatic heterocycles. The van der Waals surface area contributed by atoms with Gasteiger partial charge in [0.15, 0.2) is 0 Å². The van der Waals surface area contributed by atoms with Crippen molar-refractivity contribution >= 4 is 34.5 Å². The second-order valence-electron chi connectivity index (χ2n) is 7.48. The standard InChI is InChI=1S/C28H25NO5S/c1-3-33-28(31)25-26(30)24(35-27(25)29-21-13-15-22(32-2)16-14-21)17-20-11-7-8-12-23(20)34-18-19-9-5-4-6-10-19/h4-17,30H,3,18H2,1-2H3/b24-17+,29-27?. The van der Waals surface area contributed by atoms with E-state index in [9.17, 15) is 9.90 Å². The molecule has 35 heavy (non-hydrogen) atoms. The van der Waals surface area contributed by atoms with Crippen LogP contribution in [0.2, 0.25) is 0 Å². The summed E-state index contributed by atoms with van der Waals surface area (Å²) in [5, 5.41) is 11.3. The molecule has 0 bridgehead atoms. The maximum Gasteiger partial charge on any atom is 0.344 e. The molecule has 0 fully saturated rings. The fourth-order valence-corrected chi connectivity index (χ4v) is 4.40. The highest BCUT2D eigenvalue weighted by Crippen LogP contribution is 2.41. The predicted molar refractivity (Wildman–Crippen MR) is 139 cm³/mol. The summed E-state index contributed by atoms with van der Waals surface area (Å²) in [4.78, 5) is 17.7. The minimum absolute atomic E-state index is 0.0432. The fourth-order valence-electron chi connectivity index (χ4n) is 3.37. The minimum Gasteiger partial charge on any atom is -0.506 e. The molecule has 0 unspecified atom stereocenters. The van der Waals surface area contributed by atoms with Crippen molar-refractivity contribution in [3.05, 3.63) is 106 Å². The molecule has 0 saturated carbocycles. The van der Waals surface area contributed by atoms with Gasteiger partial charge in [-0.1, -0.05) is 60.3 Å². The SMILES string of the molecule is CCOC(=O)C1=C(O)/C(=C\c2ccccc2OCc2ccccc2)SC1=Nc1ccc(OC)cc1. The van der Waals surface area contributed by atoms with Gasteiger partial charge < -0.3 is 19.3 Å². The summed E-state index contributed by atoms with van der Waals surface area (Å²) in [6.07, 6.45) is 1.79. The maximum absolute atomic E-state index is 12.7. The Morgan fingerprint density at radius 1 is 1.00 bits per heavy atom. The van der Waals surface area contributed by atoms with Gasteiger partial charge >= 0.3 is 5.97 Å². The highest BCUT2D eigenvalue weighted by atomic mass is 32.2. The quantitative estimate of drug-likeness (QED) is 0.367. The van der Waals surface area contributed by atoms with Gasteiger partial charge in [0, 0.05) is 5.56 Å². The van der Waals surface area contributed by atoms with Gasteiger partial charge in [0.2, 0.25) is 0 Å². The maximum atomic E-state index is 12.7. The number of benzene rings is 3. The van der Waals surface area contributed by atoms with E-state index in [1.807, 2.05) is 54.6 Å². The Balaban J connectivity index is 1.66. The molecule has 0 saturated heterocycles. The Hall–Kier alpha value is -3.97. The summed E-state index contributed by atoms with van der Waals surface area (Å²) in [5.74, 6) is 0.570. The van der Waals surface area contributed by atoms with E-state index in [-0.39, 0.29) is 17.9 Å². The van der Waals surface area contributed by atoms with E-state index in [0.29, 0.717) is 33.7 Å². The molecule has 7 heteroatoms. The molecular weight excluding hydrogens is 462 g/mol. The summed E-state index contributed by atoms with van der Waals surface area (Å²) < 4.78 is 16.4. The van der Waals surface area contributed by atoms with E-state index < -0.39 is 5.97 Å². The number of ether oxygens (including phenoxy) is 3. The van der Waals surface area contributed by atoms with Gasteiger partial charge in [-0.2, -0.15) is 0 Å². The summed E-state index contributed by atoms with van der Waals surface area (Å²) in [5.41, 5.74) is 2.48. The number of carbonyl (C=O) groups excluding carboxylic acids is 1. The number of carbonyl (C=O) groups is 1. The average Bonchev–Trinajstić information content (AvgIpc) is 3.19. The Kier molecular flexibility index (Phi) is 7.90. The number of hydrogen-bond acceptors (Lipinski definition) is 7. The van der Waals surface area contributed by atoms with Crippen LogP contribution in [0.15, 0.2) is 100 Å². The second-order valence-corrected chi connectivity index (χ2v) is 8.51. The van der Waals surface area contributed by atoms with Crippen LogP contribution in [-0.2, 0) is 16.1 Å². The average molecular weight is 488 g/mol. The molecule has 0 spiro atoms. The monoisotopic (exact) mass is 487 g/mol. The third kappa shape index (κ3) is 5.94. The number of thioether (sulfide) groups is 1. The Bertz CT molecular complexity index is 1280. The molecule has 3 aromatic rings. The topological polar surface area (TPSA) is 77.4 Å². The van der Waals surface area contributed by atoms with Crippen LogP contribution < -0.4 is 9.47 Å². The number of nitrogens with zero attached hydrogens (tertiary/aromatic N) is 1. The molecule has 1 aliphatic heterocycles. The van der Waals surface area contributed by atoms with Crippen LogP contribution >= 0.6 is 11.8 Å². The highest BCUT2D eigenvalue weighted by Gasteiger charge is 2.33. The number of aliphatic hydroxyl groups excluding tert-OH is 1. The number of rotatable bonds is 8. The number of aliphatic imine (C=N–C) groups is 1. The zero-order valence-corrected chi connectivity index (χ0v) is 20.2. The number of methoxy groups -OCH3 is 1. The molecule has 178 valence electrons. The van der Waals surface area contributed by atoms with Crippen molar-refractivity contribution in [2.75, 3.05) is 13.7 Å². The van der Waals surface area contributed by atoms with Crippen LogP contribution in [0.1, 0.15) is 18.1 Å². The van der Waals surface area contributed by atoms with E-state index in [2.05, 4.69) is 4.99 Å². The van der Waals surface area contributed by atoms with Gasteiger partial charge in [0.1, 0.15) is 34.5 Å². The molecule has 1 N–H and O–H groups in total. The lowest BCUT2D eigenvalue weighted by molar-refractivity contribution is -0.138. The van der Waals surface area contributed by atoms with Gasteiger partial charge in [-0.3, -0.25) is 0 Å². The van der Waals surface area contributed by atoms with E-state index in [1.165, 1.54) is 11.8 Å². The molecular formula is C28H25NO5S. The molecule has 0 atom stereocenters. The van der Waals surface area contributed by atoms with E-state index in [4.69, 9.17) is 14.2 Å². The third-order valence-corrected chi connectivity index (χ3v) is 6.14. The first-order valence-corrected chi connectivity index (χ1v) is 11.9. The third-order valence-electron chi connectivity index (χ3n) is 5.12. The van der Waals surface area contributed by atoms with E-state index in [0.717, 1.165) is 11.1 Å². The Morgan fingerprint density at radius 2 is 1.71 bits per heavy atom. The van der Waals surface area contributed by atoms with Crippen molar-refractivity contribution in [2.45, 2.75) is 13.5 Å². The van der Waals surface area contributed by atoms with Crippen LogP contribution in [-0.4, -0.2) is 29.8 Å². The van der Waals surface area contributed by atoms with Crippen LogP contribution in [0.25, 0.3) is 6.08 Å². The molecule has 4 rings (SSSR count). The van der Waals surface area contributed by atoms with Crippen molar-refractivity contribution in [1.29, 1.82) is 0 Å². The second kappa shape index (κ2) is 11.4. The van der Waals surface area contributed by atoms with Gasteiger partial charge in [0.05, 0.1) is 24.3 Å². The predicted octanol–water partition coefficient (Wildman–Crippen LogP) is 6.47. The Labute approximate surface area is 208 Å². The molecule has 1 heterocycles. The number of esters is 1. The minimum atomic E-state index is -0.623. The van der Waals surface area contributed by atoms with Crippen molar-refractivity contribution in [1.82, 2.24) is 0 Å². The molecule has 0 radical (unpaired) electrons. The first-order valence-electron chi connectivity index (χ1n) is 11.1. The molecule has 0 aliphatic carbocycles. The lowest BCUT2D eigenvalue weighted by atomic mass is 10.1. The molecule has 0 amide bonds. The number of para-hydroxylation sites is 1. The number of aliphatic hydroxyl groups is 1. The summed E-state index contributed by atoms with van der Waals surface area (Å²) in [6, 6.07) is 24.5. The lowest BCUT2D eigenvalue weighted by Gasteiger charge is -2.10. The fraction of sp³-hybridized carbons (Fsp3) is 0.143. The van der Waals surface area contributed by atoms with Gasteiger partial charge in [-0.05, 0) is 48.9 Å². The van der Waals surface area contributed by atoms with Crippen molar-refractivity contribution < 1.29 is 24.1 Å². The van der Waals surface area contributed by atoms with Gasteiger partial charge in [0.25, 0.3) is 0 Å². The van der Waals surface area contributed by atoms with Gasteiger partial charge in [-0.15, -0.1) is 0 Å². The lowest BCUT2D eigenvalue weighted by Crippen LogP contribution is -2.12.